The zero-order chi connectivity index (χ0) is 19.4. The molecule has 0 unspecified atom stereocenters. The van der Waals surface area contributed by atoms with E-state index in [1.165, 1.54) is 9.13 Å². The van der Waals surface area contributed by atoms with Gasteiger partial charge in [0, 0.05) is 16.5 Å². The van der Waals surface area contributed by atoms with E-state index >= 15 is 0 Å². The number of aromatic carboxylic acids is 1. The van der Waals surface area contributed by atoms with Gasteiger partial charge in [0.1, 0.15) is 5.82 Å². The van der Waals surface area contributed by atoms with Gasteiger partial charge in [-0.05, 0) is 51.8 Å². The lowest BCUT2D eigenvalue weighted by atomic mass is 10.0. The van der Waals surface area contributed by atoms with Crippen molar-refractivity contribution in [3.63, 3.8) is 0 Å². The van der Waals surface area contributed by atoms with E-state index in [0.717, 1.165) is 29.8 Å². The van der Waals surface area contributed by atoms with Gasteiger partial charge in [-0.2, -0.15) is 0 Å². The second-order valence-corrected chi connectivity index (χ2v) is 7.86. The zero-order valence-electron chi connectivity index (χ0n) is 15.0. The van der Waals surface area contributed by atoms with E-state index in [9.17, 15) is 9.90 Å². The van der Waals surface area contributed by atoms with Crippen LogP contribution in [0, 0.1) is 3.57 Å². The summed E-state index contributed by atoms with van der Waals surface area (Å²) in [6, 6.07) is 16.4. The number of rotatable bonds is 7. The fraction of sp³-hybridized carbons (Fsp3) is 0.238. The summed E-state index contributed by atoms with van der Waals surface area (Å²) in [6.45, 7) is 2.53. The highest BCUT2D eigenvalue weighted by atomic mass is 127. The van der Waals surface area contributed by atoms with Crippen molar-refractivity contribution in [3.8, 4) is 11.1 Å². The number of carboxylic acid groups (broad SMARTS) is 1. The summed E-state index contributed by atoms with van der Waals surface area (Å²) >= 11 is 8.43. The first-order valence-electron chi connectivity index (χ1n) is 8.83. The number of nitrogens with zero attached hydrogens (tertiary/aromatic N) is 2. The molecule has 2 aromatic carbocycles. The van der Waals surface area contributed by atoms with E-state index in [2.05, 4.69) is 58.8 Å². The molecule has 1 N–H and O–H groups in total. The summed E-state index contributed by atoms with van der Waals surface area (Å²) in [4.78, 5) is 15.9. The van der Waals surface area contributed by atoms with E-state index in [0.29, 0.717) is 13.0 Å². The lowest BCUT2D eigenvalue weighted by molar-refractivity contribution is 0.0685. The number of benzene rings is 2. The Morgan fingerprint density at radius 3 is 2.52 bits per heavy atom. The van der Waals surface area contributed by atoms with Gasteiger partial charge < -0.3 is 9.67 Å². The molecular formula is C21H20ClIN2O2. The first-order chi connectivity index (χ1) is 13.0. The summed E-state index contributed by atoms with van der Waals surface area (Å²) in [7, 11) is 0. The number of carboxylic acids is 1. The van der Waals surface area contributed by atoms with Crippen molar-refractivity contribution in [1.82, 2.24) is 9.55 Å². The van der Waals surface area contributed by atoms with Crippen molar-refractivity contribution in [1.29, 1.82) is 0 Å². The third-order valence-electron chi connectivity index (χ3n) is 4.44. The maximum absolute atomic E-state index is 11.7. The Labute approximate surface area is 177 Å². The Hall–Kier alpha value is -1.86. The third-order valence-corrected chi connectivity index (χ3v) is 5.64. The van der Waals surface area contributed by atoms with Crippen molar-refractivity contribution in [3.05, 3.63) is 74.3 Å². The van der Waals surface area contributed by atoms with E-state index in [4.69, 9.17) is 11.6 Å². The number of carbonyl (C=O) groups is 1. The second kappa shape index (κ2) is 8.89. The predicted octanol–water partition coefficient (Wildman–Crippen LogP) is 5.90. The minimum Gasteiger partial charge on any atom is -0.476 e. The molecule has 27 heavy (non-hydrogen) atoms. The molecule has 0 atom stereocenters. The Morgan fingerprint density at radius 2 is 1.89 bits per heavy atom. The first kappa shape index (κ1) is 19.9. The molecule has 0 aliphatic rings. The first-order valence-corrected chi connectivity index (χ1v) is 10.3. The monoisotopic (exact) mass is 494 g/mol. The normalized spacial score (nSPS) is 10.9. The minimum absolute atomic E-state index is 0.0593. The zero-order valence-corrected chi connectivity index (χ0v) is 17.9. The van der Waals surface area contributed by atoms with Gasteiger partial charge in [-0.3, -0.25) is 0 Å². The van der Waals surface area contributed by atoms with Crippen LogP contribution in [0.5, 0.6) is 0 Å². The van der Waals surface area contributed by atoms with Crippen LogP contribution in [0.4, 0.5) is 0 Å². The molecule has 0 aliphatic carbocycles. The van der Waals surface area contributed by atoms with E-state index in [1.54, 1.807) is 4.57 Å². The molecule has 3 rings (SSSR count). The number of hydrogen-bond donors (Lipinski definition) is 1. The number of aromatic nitrogens is 2. The van der Waals surface area contributed by atoms with Crippen LogP contribution in [0.3, 0.4) is 0 Å². The molecule has 0 amide bonds. The SMILES string of the molecule is CCCCc1nc(Cl)c(C(=O)O)n1Cc1ccc(-c2ccccc2I)cc1. The molecule has 0 spiro atoms. The molecule has 3 aromatic rings. The Morgan fingerprint density at radius 1 is 1.19 bits per heavy atom. The highest BCUT2D eigenvalue weighted by Crippen LogP contribution is 2.26. The molecule has 4 nitrogen and oxygen atoms in total. The van der Waals surface area contributed by atoms with Gasteiger partial charge in [0.05, 0.1) is 0 Å². The van der Waals surface area contributed by atoms with Gasteiger partial charge in [0.15, 0.2) is 10.8 Å². The number of aryl methyl sites for hydroxylation is 1. The quantitative estimate of drug-likeness (QED) is 0.416. The van der Waals surface area contributed by atoms with Crippen molar-refractivity contribution in [2.75, 3.05) is 0 Å². The van der Waals surface area contributed by atoms with Crippen LogP contribution >= 0.6 is 34.2 Å². The van der Waals surface area contributed by atoms with Crippen LogP contribution in [-0.4, -0.2) is 20.6 Å². The maximum Gasteiger partial charge on any atom is 0.355 e. The van der Waals surface area contributed by atoms with Crippen LogP contribution in [0.15, 0.2) is 48.5 Å². The molecule has 1 heterocycles. The molecule has 0 radical (unpaired) electrons. The van der Waals surface area contributed by atoms with Crippen molar-refractivity contribution in [2.24, 2.45) is 0 Å². The highest BCUT2D eigenvalue weighted by Gasteiger charge is 2.21. The number of halogens is 2. The number of hydrogen-bond acceptors (Lipinski definition) is 2. The highest BCUT2D eigenvalue weighted by molar-refractivity contribution is 14.1. The summed E-state index contributed by atoms with van der Waals surface area (Å²) < 4.78 is 2.92. The standard InChI is InChI=1S/C21H20ClIN2O2/c1-2-3-8-18-24-20(22)19(21(26)27)25(18)13-14-9-11-15(12-10-14)16-6-4-5-7-17(16)23/h4-7,9-12H,2-3,8,13H2,1H3,(H,26,27). The van der Waals surface area contributed by atoms with Gasteiger partial charge >= 0.3 is 5.97 Å². The van der Waals surface area contributed by atoms with Crippen LogP contribution in [-0.2, 0) is 13.0 Å². The van der Waals surface area contributed by atoms with E-state index < -0.39 is 5.97 Å². The average molecular weight is 495 g/mol. The van der Waals surface area contributed by atoms with Crippen molar-refractivity contribution >= 4 is 40.2 Å². The molecule has 0 bridgehead atoms. The molecule has 6 heteroatoms. The topological polar surface area (TPSA) is 55.1 Å². The van der Waals surface area contributed by atoms with Gasteiger partial charge in [-0.1, -0.05) is 67.4 Å². The summed E-state index contributed by atoms with van der Waals surface area (Å²) in [5, 5.41) is 9.60. The summed E-state index contributed by atoms with van der Waals surface area (Å²) in [5.74, 6) is -0.327. The Bertz CT molecular complexity index is 951. The van der Waals surface area contributed by atoms with Crippen LogP contribution < -0.4 is 0 Å². The molecule has 0 saturated carbocycles. The van der Waals surface area contributed by atoms with Gasteiger partial charge in [0.25, 0.3) is 0 Å². The maximum atomic E-state index is 11.7. The largest absolute Gasteiger partial charge is 0.476 e. The smallest absolute Gasteiger partial charge is 0.355 e. The van der Waals surface area contributed by atoms with Gasteiger partial charge in [-0.25, -0.2) is 9.78 Å². The third kappa shape index (κ3) is 4.52. The van der Waals surface area contributed by atoms with Crippen molar-refractivity contribution < 1.29 is 9.90 Å². The molecule has 0 aliphatic heterocycles. The molecule has 140 valence electrons. The van der Waals surface area contributed by atoms with E-state index in [-0.39, 0.29) is 10.8 Å². The van der Waals surface area contributed by atoms with E-state index in [1.807, 2.05) is 24.3 Å². The van der Waals surface area contributed by atoms with Crippen LogP contribution in [0.2, 0.25) is 5.15 Å². The second-order valence-electron chi connectivity index (χ2n) is 6.34. The summed E-state index contributed by atoms with van der Waals surface area (Å²) in [6.07, 6.45) is 2.67. The van der Waals surface area contributed by atoms with Gasteiger partial charge in [0.2, 0.25) is 0 Å². The Kier molecular flexibility index (Phi) is 6.55. The number of unbranched alkanes of at least 4 members (excludes halogenated alkanes) is 1. The Balaban J connectivity index is 1.91. The number of imidazole rings is 1. The minimum atomic E-state index is -1.05. The summed E-state index contributed by atoms with van der Waals surface area (Å²) in [5.41, 5.74) is 3.39. The fourth-order valence-electron chi connectivity index (χ4n) is 3.03. The van der Waals surface area contributed by atoms with Crippen molar-refractivity contribution in [2.45, 2.75) is 32.7 Å². The lowest BCUT2D eigenvalue weighted by Gasteiger charge is -2.11. The molecule has 1 aromatic heterocycles. The van der Waals surface area contributed by atoms with Gasteiger partial charge in [-0.15, -0.1) is 0 Å². The molecule has 0 fully saturated rings. The fourth-order valence-corrected chi connectivity index (χ4v) is 4.01. The van der Waals surface area contributed by atoms with Crippen LogP contribution in [0.1, 0.15) is 41.6 Å². The predicted molar refractivity (Wildman–Crippen MR) is 117 cm³/mol. The average Bonchev–Trinajstić information content (AvgIpc) is 2.96. The lowest BCUT2D eigenvalue weighted by Crippen LogP contribution is -2.13. The van der Waals surface area contributed by atoms with Crippen LogP contribution in [0.25, 0.3) is 11.1 Å². The molecular weight excluding hydrogens is 475 g/mol. The molecule has 0 saturated heterocycles.